The van der Waals surface area contributed by atoms with Crippen molar-refractivity contribution in [3.63, 3.8) is 0 Å². The number of nitrogens with two attached hydrogens (primary N) is 1. The second kappa shape index (κ2) is 3.99. The van der Waals surface area contributed by atoms with E-state index in [0.29, 0.717) is 5.88 Å². The van der Waals surface area contributed by atoms with Gasteiger partial charge in [0, 0.05) is 5.56 Å². The Morgan fingerprint density at radius 2 is 2.12 bits per heavy atom. The number of hydrogen-bond donors (Lipinski definition) is 1. The predicted octanol–water partition coefficient (Wildman–Crippen LogP) is 3.45. The molecule has 0 spiro atoms. The van der Waals surface area contributed by atoms with Crippen LogP contribution >= 0.6 is 0 Å². The molecule has 0 fully saturated rings. The summed E-state index contributed by atoms with van der Waals surface area (Å²) in [7, 11) is 0. The Bertz CT molecular complexity index is 492. The van der Waals surface area contributed by atoms with E-state index in [2.05, 4.69) is 6.92 Å². The van der Waals surface area contributed by atoms with Crippen LogP contribution in [0.5, 0.6) is 0 Å². The lowest BCUT2D eigenvalue weighted by molar-refractivity contribution is 0.0257. The summed E-state index contributed by atoms with van der Waals surface area (Å²) in [6.45, 7) is 8.00. The molecule has 0 amide bonds. The van der Waals surface area contributed by atoms with Gasteiger partial charge in [0.1, 0.15) is 17.1 Å². The smallest absolute Gasteiger partial charge is 0.196 e. The molecule has 1 aliphatic heterocycles. The fraction of sp³-hybridized carbons (Fsp3) is 0.429. The van der Waals surface area contributed by atoms with Crippen LogP contribution in [0.2, 0.25) is 0 Å². The first-order valence-electron chi connectivity index (χ1n) is 5.92. The number of fused-ring (bicyclic) bond motifs is 1. The van der Waals surface area contributed by atoms with Gasteiger partial charge in [0.05, 0.1) is 5.57 Å². The van der Waals surface area contributed by atoms with Gasteiger partial charge in [-0.05, 0) is 39.3 Å². The van der Waals surface area contributed by atoms with Crippen molar-refractivity contribution in [1.82, 2.24) is 0 Å². The molecule has 92 valence electrons. The fourth-order valence-electron chi connectivity index (χ4n) is 2.05. The topological polar surface area (TPSA) is 48.4 Å². The lowest BCUT2D eigenvalue weighted by Crippen LogP contribution is -2.28. The molecule has 3 heteroatoms. The Morgan fingerprint density at radius 1 is 1.41 bits per heavy atom. The van der Waals surface area contributed by atoms with Crippen molar-refractivity contribution in [3.05, 3.63) is 41.2 Å². The summed E-state index contributed by atoms with van der Waals surface area (Å²) in [5, 5.41) is 0. The minimum atomic E-state index is -0.430. The highest BCUT2D eigenvalue weighted by atomic mass is 16.5. The minimum Gasteiger partial charge on any atom is -0.468 e. The van der Waals surface area contributed by atoms with Crippen LogP contribution in [0.15, 0.2) is 28.5 Å². The largest absolute Gasteiger partial charge is 0.468 e. The third-order valence-electron chi connectivity index (χ3n) is 2.90. The van der Waals surface area contributed by atoms with Crippen LogP contribution in [0.4, 0.5) is 0 Å². The molecular formula is C14H19NO2. The number of furan rings is 1. The van der Waals surface area contributed by atoms with E-state index in [1.54, 1.807) is 0 Å². The van der Waals surface area contributed by atoms with Crippen molar-refractivity contribution < 1.29 is 9.15 Å². The molecule has 0 saturated carbocycles. The van der Waals surface area contributed by atoms with E-state index in [4.69, 9.17) is 14.9 Å². The van der Waals surface area contributed by atoms with Crippen molar-refractivity contribution >= 4 is 5.57 Å². The molecule has 2 rings (SSSR count). The highest BCUT2D eigenvalue weighted by Gasteiger charge is 2.35. The summed E-state index contributed by atoms with van der Waals surface area (Å²) in [5.41, 5.74) is 7.43. The van der Waals surface area contributed by atoms with Gasteiger partial charge in [0.2, 0.25) is 0 Å². The maximum Gasteiger partial charge on any atom is 0.196 e. The van der Waals surface area contributed by atoms with Crippen LogP contribution < -0.4 is 5.73 Å². The SMILES string of the molecule is CC/C=C\C1=C(N)OC(C)(C)c2cc(C)oc21. The number of ether oxygens (including phenoxy) is 1. The Hall–Kier alpha value is -1.64. The van der Waals surface area contributed by atoms with Crippen LogP contribution in [0, 0.1) is 6.92 Å². The molecule has 0 aliphatic carbocycles. The Morgan fingerprint density at radius 3 is 2.76 bits per heavy atom. The second-order valence-corrected chi connectivity index (χ2v) is 4.80. The standard InChI is InChI=1S/C14H19NO2/c1-5-6-7-10-12-11(8-9(2)16-12)14(3,4)17-13(10)15/h6-8H,5,15H2,1-4H3/b7-6-. The van der Waals surface area contributed by atoms with Gasteiger partial charge in [-0.2, -0.15) is 0 Å². The van der Waals surface area contributed by atoms with E-state index in [1.807, 2.05) is 39.0 Å². The number of hydrogen-bond acceptors (Lipinski definition) is 3. The number of allylic oxidation sites excluding steroid dienone is 3. The average molecular weight is 233 g/mol. The molecule has 2 N–H and O–H groups in total. The van der Waals surface area contributed by atoms with Crippen LogP contribution in [-0.2, 0) is 10.3 Å². The zero-order valence-electron chi connectivity index (χ0n) is 10.8. The summed E-state index contributed by atoms with van der Waals surface area (Å²) in [6, 6.07) is 2.02. The molecule has 0 aromatic carbocycles. The van der Waals surface area contributed by atoms with Gasteiger partial charge < -0.3 is 14.9 Å². The molecule has 0 saturated heterocycles. The van der Waals surface area contributed by atoms with Gasteiger partial charge in [-0.25, -0.2) is 0 Å². The van der Waals surface area contributed by atoms with Crippen LogP contribution in [-0.4, -0.2) is 0 Å². The first-order chi connectivity index (χ1) is 7.95. The molecule has 1 aliphatic rings. The molecule has 2 heterocycles. The highest BCUT2D eigenvalue weighted by Crippen LogP contribution is 2.41. The van der Waals surface area contributed by atoms with Gasteiger partial charge in [0.25, 0.3) is 0 Å². The van der Waals surface area contributed by atoms with Crippen molar-refractivity contribution in [2.75, 3.05) is 0 Å². The summed E-state index contributed by atoms with van der Waals surface area (Å²) in [5.74, 6) is 2.14. The quantitative estimate of drug-likeness (QED) is 0.851. The minimum absolute atomic E-state index is 0.430. The van der Waals surface area contributed by atoms with Gasteiger partial charge >= 0.3 is 0 Å². The van der Waals surface area contributed by atoms with E-state index in [1.165, 1.54) is 0 Å². The molecular weight excluding hydrogens is 214 g/mol. The van der Waals surface area contributed by atoms with E-state index < -0.39 is 5.60 Å². The fourth-order valence-corrected chi connectivity index (χ4v) is 2.05. The Balaban J connectivity index is 2.57. The first-order valence-corrected chi connectivity index (χ1v) is 5.92. The summed E-state index contributed by atoms with van der Waals surface area (Å²) >= 11 is 0. The summed E-state index contributed by atoms with van der Waals surface area (Å²) in [6.07, 6.45) is 4.97. The van der Waals surface area contributed by atoms with Crippen LogP contribution in [0.1, 0.15) is 44.3 Å². The second-order valence-electron chi connectivity index (χ2n) is 4.80. The maximum absolute atomic E-state index is 5.97. The third kappa shape index (κ3) is 1.97. The van der Waals surface area contributed by atoms with Crippen molar-refractivity contribution in [3.8, 4) is 0 Å². The summed E-state index contributed by atoms with van der Waals surface area (Å²) < 4.78 is 11.5. The summed E-state index contributed by atoms with van der Waals surface area (Å²) in [4.78, 5) is 0. The monoisotopic (exact) mass is 233 g/mol. The molecule has 0 unspecified atom stereocenters. The average Bonchev–Trinajstić information content (AvgIpc) is 2.60. The zero-order valence-corrected chi connectivity index (χ0v) is 10.8. The molecule has 17 heavy (non-hydrogen) atoms. The van der Waals surface area contributed by atoms with E-state index in [9.17, 15) is 0 Å². The van der Waals surface area contributed by atoms with Crippen molar-refractivity contribution in [2.45, 2.75) is 39.7 Å². The zero-order chi connectivity index (χ0) is 12.6. The lowest BCUT2D eigenvalue weighted by atomic mass is 9.92. The number of rotatable bonds is 2. The van der Waals surface area contributed by atoms with Gasteiger partial charge in [-0.15, -0.1) is 0 Å². The lowest BCUT2D eigenvalue weighted by Gasteiger charge is -2.31. The van der Waals surface area contributed by atoms with Gasteiger partial charge in [-0.1, -0.05) is 13.0 Å². The van der Waals surface area contributed by atoms with Crippen molar-refractivity contribution in [1.29, 1.82) is 0 Å². The molecule has 0 radical (unpaired) electrons. The molecule has 1 aromatic heterocycles. The predicted molar refractivity (Wildman–Crippen MR) is 68.1 cm³/mol. The number of aryl methyl sites for hydroxylation is 1. The van der Waals surface area contributed by atoms with Gasteiger partial charge in [0.15, 0.2) is 5.88 Å². The first kappa shape index (κ1) is 11.8. The third-order valence-corrected chi connectivity index (χ3v) is 2.90. The van der Waals surface area contributed by atoms with Crippen molar-refractivity contribution in [2.24, 2.45) is 5.73 Å². The molecule has 0 bridgehead atoms. The highest BCUT2D eigenvalue weighted by molar-refractivity contribution is 5.76. The van der Waals surface area contributed by atoms with Crippen LogP contribution in [0.25, 0.3) is 5.57 Å². The molecule has 0 atom stereocenters. The van der Waals surface area contributed by atoms with E-state index >= 15 is 0 Å². The maximum atomic E-state index is 5.97. The van der Waals surface area contributed by atoms with Crippen LogP contribution in [0.3, 0.4) is 0 Å². The van der Waals surface area contributed by atoms with E-state index in [0.717, 1.165) is 29.1 Å². The Labute approximate surface area is 102 Å². The van der Waals surface area contributed by atoms with E-state index in [-0.39, 0.29) is 0 Å². The normalized spacial score (nSPS) is 18.4. The molecule has 3 nitrogen and oxygen atoms in total. The Kier molecular flexibility index (Phi) is 2.77. The molecule has 1 aromatic rings. The van der Waals surface area contributed by atoms with Gasteiger partial charge in [-0.3, -0.25) is 0 Å².